The summed E-state index contributed by atoms with van der Waals surface area (Å²) >= 11 is 0. The maximum atomic E-state index is 12.2. The number of hydrogen-bond donors (Lipinski definition) is 1. The highest BCUT2D eigenvalue weighted by Crippen LogP contribution is 2.38. The molecule has 22 heavy (non-hydrogen) atoms. The topological polar surface area (TPSA) is 72.6 Å². The van der Waals surface area contributed by atoms with E-state index in [4.69, 9.17) is 10.5 Å². The van der Waals surface area contributed by atoms with Crippen molar-refractivity contribution in [3.05, 3.63) is 23.8 Å². The number of ether oxygens (including phenoxy) is 1. The van der Waals surface area contributed by atoms with E-state index >= 15 is 0 Å². The molecule has 1 aliphatic heterocycles. The Labute approximate surface area is 131 Å². The monoisotopic (exact) mass is 304 g/mol. The van der Waals surface area contributed by atoms with Gasteiger partial charge in [0.1, 0.15) is 11.4 Å². The number of benzene rings is 1. The normalized spacial score (nSPS) is 15.9. The Bertz CT molecular complexity index is 581. The Hall–Kier alpha value is -1.88. The van der Waals surface area contributed by atoms with E-state index in [2.05, 4.69) is 0 Å². The number of Topliss-reactive ketones (excluding diaryl/α,β-unsaturated/α-hetero) is 1. The van der Waals surface area contributed by atoms with E-state index in [1.807, 2.05) is 20.8 Å². The summed E-state index contributed by atoms with van der Waals surface area (Å²) in [6.45, 7) is 6.71. The summed E-state index contributed by atoms with van der Waals surface area (Å²) in [5.41, 5.74) is 6.29. The van der Waals surface area contributed by atoms with Gasteiger partial charge in [0.25, 0.3) is 0 Å². The lowest BCUT2D eigenvalue weighted by Gasteiger charge is -2.39. The summed E-state index contributed by atoms with van der Waals surface area (Å²) in [5.74, 6) is 0.722. The molecule has 1 aromatic carbocycles. The molecule has 0 unspecified atom stereocenters. The fourth-order valence-electron chi connectivity index (χ4n) is 2.60. The standard InChI is InChI=1S/C17H24N2O3/c1-4-16(21)19-11-17(2,3)22-15-8-7-12(10-13(15)19)14(20)6-5-9-18/h7-8,10H,4-6,9,11,18H2,1-3H3. The number of carbonyl (C=O) groups is 2. The summed E-state index contributed by atoms with van der Waals surface area (Å²) in [5, 5.41) is 0. The number of fused-ring (bicyclic) bond motifs is 1. The average molecular weight is 304 g/mol. The molecule has 1 heterocycles. The van der Waals surface area contributed by atoms with Crippen molar-refractivity contribution in [2.24, 2.45) is 5.73 Å². The second-order valence-corrected chi connectivity index (χ2v) is 6.19. The van der Waals surface area contributed by atoms with E-state index in [0.29, 0.717) is 49.4 Å². The van der Waals surface area contributed by atoms with Gasteiger partial charge in [0.05, 0.1) is 12.2 Å². The first-order chi connectivity index (χ1) is 10.4. The molecule has 2 rings (SSSR count). The largest absolute Gasteiger partial charge is 0.484 e. The Balaban J connectivity index is 2.37. The zero-order chi connectivity index (χ0) is 16.3. The van der Waals surface area contributed by atoms with Gasteiger partial charge in [-0.3, -0.25) is 9.59 Å². The quantitative estimate of drug-likeness (QED) is 0.848. The van der Waals surface area contributed by atoms with Crippen molar-refractivity contribution in [2.45, 2.75) is 45.6 Å². The summed E-state index contributed by atoms with van der Waals surface area (Å²) in [4.78, 5) is 26.1. The van der Waals surface area contributed by atoms with E-state index in [-0.39, 0.29) is 11.7 Å². The lowest BCUT2D eigenvalue weighted by Crippen LogP contribution is -2.49. The first-order valence-electron chi connectivity index (χ1n) is 7.74. The van der Waals surface area contributed by atoms with E-state index in [0.717, 1.165) is 0 Å². The first kappa shape index (κ1) is 16.5. The zero-order valence-electron chi connectivity index (χ0n) is 13.5. The highest BCUT2D eigenvalue weighted by molar-refractivity contribution is 6.00. The fourth-order valence-corrected chi connectivity index (χ4v) is 2.60. The van der Waals surface area contributed by atoms with Crippen LogP contribution in [0.25, 0.3) is 0 Å². The predicted octanol–water partition coefficient (Wildman–Crippen LogP) is 2.52. The molecule has 0 saturated heterocycles. The van der Waals surface area contributed by atoms with E-state index < -0.39 is 5.60 Å². The van der Waals surface area contributed by atoms with Crippen molar-refractivity contribution >= 4 is 17.4 Å². The van der Waals surface area contributed by atoms with Gasteiger partial charge in [-0.05, 0) is 45.0 Å². The number of nitrogens with two attached hydrogens (primary N) is 1. The third-order valence-electron chi connectivity index (χ3n) is 3.71. The Kier molecular flexibility index (Phi) is 4.86. The second kappa shape index (κ2) is 6.48. The van der Waals surface area contributed by atoms with Crippen LogP contribution in [0.15, 0.2) is 18.2 Å². The van der Waals surface area contributed by atoms with Gasteiger partial charge >= 0.3 is 0 Å². The van der Waals surface area contributed by atoms with Crippen molar-refractivity contribution < 1.29 is 14.3 Å². The predicted molar refractivity (Wildman–Crippen MR) is 86.4 cm³/mol. The molecule has 0 atom stereocenters. The summed E-state index contributed by atoms with van der Waals surface area (Å²) in [7, 11) is 0. The Morgan fingerprint density at radius 2 is 2.09 bits per heavy atom. The van der Waals surface area contributed by atoms with Gasteiger partial charge in [-0.1, -0.05) is 6.92 Å². The van der Waals surface area contributed by atoms with Crippen molar-refractivity contribution in [2.75, 3.05) is 18.0 Å². The minimum Gasteiger partial charge on any atom is -0.484 e. The molecule has 1 amide bonds. The third kappa shape index (κ3) is 3.47. The van der Waals surface area contributed by atoms with Crippen LogP contribution in [-0.2, 0) is 4.79 Å². The molecule has 0 saturated carbocycles. The molecule has 5 heteroatoms. The number of carbonyl (C=O) groups excluding carboxylic acids is 2. The minimum atomic E-state index is -0.442. The van der Waals surface area contributed by atoms with Gasteiger partial charge in [0, 0.05) is 18.4 Å². The molecule has 1 aliphatic rings. The molecular weight excluding hydrogens is 280 g/mol. The molecular formula is C17H24N2O3. The lowest BCUT2D eigenvalue weighted by atomic mass is 10.0. The van der Waals surface area contributed by atoms with Gasteiger partial charge in [-0.2, -0.15) is 0 Å². The van der Waals surface area contributed by atoms with Gasteiger partial charge in [-0.25, -0.2) is 0 Å². The first-order valence-corrected chi connectivity index (χ1v) is 7.74. The maximum Gasteiger partial charge on any atom is 0.226 e. The van der Waals surface area contributed by atoms with Crippen molar-refractivity contribution in [1.29, 1.82) is 0 Å². The average Bonchev–Trinajstić information content (AvgIpc) is 2.49. The van der Waals surface area contributed by atoms with Gasteiger partial charge in [0.2, 0.25) is 5.91 Å². The highest BCUT2D eigenvalue weighted by atomic mass is 16.5. The van der Waals surface area contributed by atoms with E-state index in [1.165, 1.54) is 0 Å². The smallest absolute Gasteiger partial charge is 0.226 e. The van der Waals surface area contributed by atoms with Crippen LogP contribution in [-0.4, -0.2) is 30.4 Å². The van der Waals surface area contributed by atoms with Gasteiger partial charge in [-0.15, -0.1) is 0 Å². The van der Waals surface area contributed by atoms with Crippen LogP contribution in [0, 0.1) is 0 Å². The van der Waals surface area contributed by atoms with Crippen LogP contribution in [0.3, 0.4) is 0 Å². The van der Waals surface area contributed by atoms with Gasteiger partial charge in [0.15, 0.2) is 5.78 Å². The number of ketones is 1. The van der Waals surface area contributed by atoms with Crippen LogP contribution in [0.1, 0.15) is 50.4 Å². The SMILES string of the molecule is CCC(=O)N1CC(C)(C)Oc2ccc(C(=O)CCCN)cc21. The number of hydrogen-bond acceptors (Lipinski definition) is 4. The van der Waals surface area contributed by atoms with Crippen molar-refractivity contribution in [3.63, 3.8) is 0 Å². The molecule has 0 aliphatic carbocycles. The molecule has 120 valence electrons. The van der Waals surface area contributed by atoms with Crippen LogP contribution in [0.4, 0.5) is 5.69 Å². The summed E-state index contributed by atoms with van der Waals surface area (Å²) in [6, 6.07) is 5.30. The van der Waals surface area contributed by atoms with E-state index in [1.54, 1.807) is 23.1 Å². The second-order valence-electron chi connectivity index (χ2n) is 6.19. The Morgan fingerprint density at radius 3 is 2.73 bits per heavy atom. The summed E-state index contributed by atoms with van der Waals surface area (Å²) in [6.07, 6.45) is 1.50. The number of amides is 1. The van der Waals surface area contributed by atoms with Crippen molar-refractivity contribution in [3.8, 4) is 5.75 Å². The van der Waals surface area contributed by atoms with Crippen LogP contribution < -0.4 is 15.4 Å². The highest BCUT2D eigenvalue weighted by Gasteiger charge is 2.34. The zero-order valence-corrected chi connectivity index (χ0v) is 13.5. The van der Waals surface area contributed by atoms with E-state index in [9.17, 15) is 9.59 Å². The molecule has 1 aromatic rings. The molecule has 0 bridgehead atoms. The molecule has 0 radical (unpaired) electrons. The summed E-state index contributed by atoms with van der Waals surface area (Å²) < 4.78 is 5.93. The molecule has 0 fully saturated rings. The molecule has 5 nitrogen and oxygen atoms in total. The molecule has 0 aromatic heterocycles. The lowest BCUT2D eigenvalue weighted by molar-refractivity contribution is -0.119. The third-order valence-corrected chi connectivity index (χ3v) is 3.71. The number of rotatable bonds is 5. The molecule has 0 spiro atoms. The number of nitrogens with zero attached hydrogens (tertiary/aromatic N) is 1. The minimum absolute atomic E-state index is 0.0317. The maximum absolute atomic E-state index is 12.2. The van der Waals surface area contributed by atoms with Crippen LogP contribution in [0.2, 0.25) is 0 Å². The van der Waals surface area contributed by atoms with Crippen LogP contribution >= 0.6 is 0 Å². The number of anilines is 1. The van der Waals surface area contributed by atoms with Gasteiger partial charge < -0.3 is 15.4 Å². The van der Waals surface area contributed by atoms with Crippen molar-refractivity contribution in [1.82, 2.24) is 0 Å². The Morgan fingerprint density at radius 1 is 1.36 bits per heavy atom. The fraction of sp³-hybridized carbons (Fsp3) is 0.529. The molecule has 2 N–H and O–H groups in total. The van der Waals surface area contributed by atoms with Crippen LogP contribution in [0.5, 0.6) is 5.75 Å².